The van der Waals surface area contributed by atoms with Gasteiger partial charge in [-0.3, -0.25) is 5.32 Å². The van der Waals surface area contributed by atoms with E-state index in [9.17, 15) is 4.79 Å². The lowest BCUT2D eigenvalue weighted by atomic mass is 10.0. The van der Waals surface area contributed by atoms with Gasteiger partial charge < -0.3 is 10.1 Å². The molecule has 6 nitrogen and oxygen atoms in total. The van der Waals surface area contributed by atoms with E-state index in [2.05, 4.69) is 20.8 Å². The van der Waals surface area contributed by atoms with Gasteiger partial charge in [-0.25, -0.2) is 4.79 Å². The van der Waals surface area contributed by atoms with Gasteiger partial charge in [0.1, 0.15) is 10.8 Å². The van der Waals surface area contributed by atoms with Crippen LogP contribution in [0.1, 0.15) is 42.8 Å². The number of anilines is 1. The summed E-state index contributed by atoms with van der Waals surface area (Å²) >= 11 is 1.40. The molecule has 1 aromatic carbocycles. The normalized spacial score (nSPS) is 16.8. The third kappa shape index (κ3) is 3.19. The first-order valence-corrected chi connectivity index (χ1v) is 8.08. The van der Waals surface area contributed by atoms with Crippen molar-refractivity contribution in [3.8, 4) is 5.75 Å². The molecular weight excluding hydrogens is 300 g/mol. The van der Waals surface area contributed by atoms with Gasteiger partial charge in [0, 0.05) is 17.9 Å². The zero-order valence-corrected chi connectivity index (χ0v) is 13.3. The summed E-state index contributed by atoms with van der Waals surface area (Å²) in [4.78, 5) is 12.1. The highest BCUT2D eigenvalue weighted by Crippen LogP contribution is 2.31. The van der Waals surface area contributed by atoms with Crippen molar-refractivity contribution < 1.29 is 9.53 Å². The van der Waals surface area contributed by atoms with Gasteiger partial charge in [-0.05, 0) is 6.07 Å². The fourth-order valence-corrected chi connectivity index (χ4v) is 3.04. The Bertz CT molecular complexity index is 671. The summed E-state index contributed by atoms with van der Waals surface area (Å²) in [6, 6.07) is 7.44. The van der Waals surface area contributed by atoms with E-state index in [4.69, 9.17) is 4.74 Å². The van der Waals surface area contributed by atoms with Gasteiger partial charge >= 0.3 is 6.03 Å². The molecular formula is C15H18N4O2S. The molecule has 116 valence electrons. The standard InChI is InChI=1S/C15H18N4O2S/c1-9(2)13-18-19-15(22-13)17-14(20)16-11-7-8-21-12-6-4-3-5-10(11)12/h3-6,9,11H,7-8H2,1-2H3,(H2,16,17,19,20)/t11-/m0/s1. The van der Waals surface area contributed by atoms with E-state index in [0.29, 0.717) is 17.7 Å². The number of carbonyl (C=O) groups is 1. The molecule has 2 heterocycles. The van der Waals surface area contributed by atoms with Crippen molar-refractivity contribution in [3.63, 3.8) is 0 Å². The number of urea groups is 1. The Morgan fingerprint density at radius 3 is 2.95 bits per heavy atom. The number of aromatic nitrogens is 2. The number of rotatable bonds is 3. The Morgan fingerprint density at radius 2 is 2.18 bits per heavy atom. The second-order valence-corrected chi connectivity index (χ2v) is 6.44. The van der Waals surface area contributed by atoms with Crippen molar-refractivity contribution >= 4 is 22.5 Å². The number of benzene rings is 1. The highest BCUT2D eigenvalue weighted by molar-refractivity contribution is 7.15. The maximum atomic E-state index is 12.1. The summed E-state index contributed by atoms with van der Waals surface area (Å²) in [5.74, 6) is 1.13. The molecule has 3 rings (SSSR count). The molecule has 0 aliphatic carbocycles. The van der Waals surface area contributed by atoms with Crippen molar-refractivity contribution in [1.29, 1.82) is 0 Å². The maximum Gasteiger partial charge on any atom is 0.321 e. The molecule has 0 spiro atoms. The van der Waals surface area contributed by atoms with E-state index in [-0.39, 0.29) is 12.1 Å². The minimum Gasteiger partial charge on any atom is -0.493 e. The lowest BCUT2D eigenvalue weighted by Crippen LogP contribution is -2.35. The third-order valence-corrected chi connectivity index (χ3v) is 4.56. The molecule has 0 fully saturated rings. The zero-order chi connectivity index (χ0) is 15.5. The molecule has 2 N–H and O–H groups in total. The van der Waals surface area contributed by atoms with E-state index in [1.807, 2.05) is 38.1 Å². The molecule has 2 amide bonds. The molecule has 2 aromatic rings. The fraction of sp³-hybridized carbons (Fsp3) is 0.400. The number of ether oxygens (including phenoxy) is 1. The van der Waals surface area contributed by atoms with Crippen LogP contribution < -0.4 is 15.4 Å². The van der Waals surface area contributed by atoms with Crippen LogP contribution in [-0.4, -0.2) is 22.8 Å². The van der Waals surface area contributed by atoms with Gasteiger partial charge in [0.15, 0.2) is 0 Å². The lowest BCUT2D eigenvalue weighted by molar-refractivity contribution is 0.232. The van der Waals surface area contributed by atoms with Gasteiger partial charge in [-0.15, -0.1) is 10.2 Å². The van der Waals surface area contributed by atoms with Gasteiger partial charge in [0.25, 0.3) is 0 Å². The Hall–Kier alpha value is -2.15. The number of fused-ring (bicyclic) bond motifs is 1. The Balaban J connectivity index is 1.65. The van der Waals surface area contributed by atoms with E-state index in [0.717, 1.165) is 22.7 Å². The summed E-state index contributed by atoms with van der Waals surface area (Å²) in [7, 11) is 0. The van der Waals surface area contributed by atoms with Crippen LogP contribution in [0.25, 0.3) is 0 Å². The Kier molecular flexibility index (Phi) is 4.24. The quantitative estimate of drug-likeness (QED) is 0.910. The van der Waals surface area contributed by atoms with Crippen molar-refractivity contribution in [2.75, 3.05) is 11.9 Å². The minimum absolute atomic E-state index is 0.0533. The van der Waals surface area contributed by atoms with E-state index in [1.165, 1.54) is 11.3 Å². The molecule has 1 aliphatic heterocycles. The smallest absolute Gasteiger partial charge is 0.321 e. The summed E-state index contributed by atoms with van der Waals surface area (Å²) < 4.78 is 5.59. The van der Waals surface area contributed by atoms with Crippen molar-refractivity contribution in [3.05, 3.63) is 34.8 Å². The first kappa shape index (κ1) is 14.8. The number of nitrogens with zero attached hydrogens (tertiary/aromatic N) is 2. The molecule has 1 aromatic heterocycles. The first-order chi connectivity index (χ1) is 10.6. The molecule has 0 bridgehead atoms. The minimum atomic E-state index is -0.270. The SMILES string of the molecule is CC(C)c1nnc(NC(=O)N[C@H]2CCOc3ccccc32)s1. The first-order valence-electron chi connectivity index (χ1n) is 7.26. The highest BCUT2D eigenvalue weighted by atomic mass is 32.1. The second-order valence-electron chi connectivity index (χ2n) is 5.43. The molecule has 0 saturated carbocycles. The van der Waals surface area contributed by atoms with Crippen LogP contribution in [0.2, 0.25) is 0 Å². The fourth-order valence-electron chi connectivity index (χ4n) is 2.30. The third-order valence-electron chi connectivity index (χ3n) is 3.42. The Labute approximate surface area is 132 Å². The van der Waals surface area contributed by atoms with Gasteiger partial charge in [-0.1, -0.05) is 43.4 Å². The second kappa shape index (κ2) is 6.31. The number of nitrogens with one attached hydrogen (secondary N) is 2. The Morgan fingerprint density at radius 1 is 1.36 bits per heavy atom. The lowest BCUT2D eigenvalue weighted by Gasteiger charge is -2.26. The topological polar surface area (TPSA) is 76.1 Å². The van der Waals surface area contributed by atoms with Crippen molar-refractivity contribution in [2.24, 2.45) is 0 Å². The average molecular weight is 318 g/mol. The summed E-state index contributed by atoms with van der Waals surface area (Å²) in [6.07, 6.45) is 0.748. The maximum absolute atomic E-state index is 12.1. The van der Waals surface area contributed by atoms with Crippen molar-refractivity contribution in [1.82, 2.24) is 15.5 Å². The number of amides is 2. The molecule has 0 saturated heterocycles. The van der Waals surface area contributed by atoms with Crippen LogP contribution in [0, 0.1) is 0 Å². The summed E-state index contributed by atoms with van der Waals surface area (Å²) in [5, 5.41) is 15.2. The van der Waals surface area contributed by atoms with Gasteiger partial charge in [0.05, 0.1) is 12.6 Å². The van der Waals surface area contributed by atoms with Crippen LogP contribution in [0.5, 0.6) is 5.75 Å². The highest BCUT2D eigenvalue weighted by Gasteiger charge is 2.23. The van der Waals surface area contributed by atoms with E-state index >= 15 is 0 Å². The van der Waals surface area contributed by atoms with Gasteiger partial charge in [0.2, 0.25) is 5.13 Å². The summed E-state index contributed by atoms with van der Waals surface area (Å²) in [6.45, 7) is 4.69. The molecule has 1 atom stereocenters. The predicted octanol–water partition coefficient (Wildman–Crippen LogP) is 3.31. The molecule has 0 radical (unpaired) electrons. The number of carbonyl (C=O) groups excluding carboxylic acids is 1. The summed E-state index contributed by atoms with van der Waals surface area (Å²) in [5.41, 5.74) is 1.00. The van der Waals surface area contributed by atoms with Crippen LogP contribution >= 0.6 is 11.3 Å². The van der Waals surface area contributed by atoms with Crippen LogP contribution in [0.3, 0.4) is 0 Å². The predicted molar refractivity (Wildman–Crippen MR) is 85.4 cm³/mol. The van der Waals surface area contributed by atoms with Crippen LogP contribution in [0.15, 0.2) is 24.3 Å². The molecule has 7 heteroatoms. The van der Waals surface area contributed by atoms with Gasteiger partial charge in [-0.2, -0.15) is 0 Å². The molecule has 1 aliphatic rings. The number of para-hydroxylation sites is 1. The largest absolute Gasteiger partial charge is 0.493 e. The van der Waals surface area contributed by atoms with E-state index in [1.54, 1.807) is 0 Å². The monoisotopic (exact) mass is 318 g/mol. The van der Waals surface area contributed by atoms with Crippen LogP contribution in [-0.2, 0) is 0 Å². The molecule has 22 heavy (non-hydrogen) atoms. The number of hydrogen-bond donors (Lipinski definition) is 2. The van der Waals surface area contributed by atoms with E-state index < -0.39 is 0 Å². The zero-order valence-electron chi connectivity index (χ0n) is 12.5. The number of hydrogen-bond acceptors (Lipinski definition) is 5. The molecule has 0 unspecified atom stereocenters. The van der Waals surface area contributed by atoms with Crippen molar-refractivity contribution in [2.45, 2.75) is 32.2 Å². The average Bonchev–Trinajstić information content (AvgIpc) is 2.96. The van der Waals surface area contributed by atoms with Crippen LogP contribution in [0.4, 0.5) is 9.93 Å².